The van der Waals surface area contributed by atoms with Crippen molar-refractivity contribution in [3.63, 3.8) is 0 Å². The Bertz CT molecular complexity index is 1070. The van der Waals surface area contributed by atoms with Crippen molar-refractivity contribution in [2.75, 3.05) is 5.32 Å². The number of carbonyl (C=O) groups is 1. The van der Waals surface area contributed by atoms with Gasteiger partial charge in [0.2, 0.25) is 11.7 Å². The Morgan fingerprint density at radius 1 is 1.15 bits per heavy atom. The number of anilines is 1. The number of aromatic nitrogens is 1. The number of hydrogen-bond acceptors (Lipinski definition) is 5. The molecular formula is C19H17N3O5. The summed E-state index contributed by atoms with van der Waals surface area (Å²) in [6.07, 6.45) is 1.73. The van der Waals surface area contributed by atoms with Crippen LogP contribution in [-0.2, 0) is 11.3 Å². The lowest BCUT2D eigenvalue weighted by atomic mass is 10.2. The summed E-state index contributed by atoms with van der Waals surface area (Å²) in [4.78, 5) is 22.8. The zero-order valence-electron chi connectivity index (χ0n) is 14.8. The largest absolute Gasteiger partial charge is 0.449 e. The van der Waals surface area contributed by atoms with E-state index in [9.17, 15) is 14.9 Å². The maximum absolute atomic E-state index is 12.4. The van der Waals surface area contributed by atoms with E-state index < -0.39 is 10.7 Å². The Morgan fingerprint density at radius 3 is 2.70 bits per heavy atom. The predicted molar refractivity (Wildman–Crippen MR) is 99.0 cm³/mol. The summed E-state index contributed by atoms with van der Waals surface area (Å²) in [5.74, 6) is 0.272. The van der Waals surface area contributed by atoms with Gasteiger partial charge in [0, 0.05) is 54.8 Å². The lowest BCUT2D eigenvalue weighted by molar-refractivity contribution is -0.384. The van der Waals surface area contributed by atoms with E-state index in [0.717, 1.165) is 5.52 Å². The zero-order chi connectivity index (χ0) is 19.2. The third kappa shape index (κ3) is 3.29. The number of non-ortho nitro benzene ring substituents is 1. The van der Waals surface area contributed by atoms with Crippen molar-refractivity contribution >= 4 is 28.2 Å². The molecule has 0 fully saturated rings. The molecule has 0 saturated heterocycles. The summed E-state index contributed by atoms with van der Waals surface area (Å²) < 4.78 is 13.0. The fourth-order valence-corrected chi connectivity index (χ4v) is 3.09. The number of nitro groups is 1. The number of ether oxygens (including phenoxy) is 2. The molecule has 138 valence electrons. The molecule has 0 atom stereocenters. The van der Waals surface area contributed by atoms with Crippen LogP contribution in [0.25, 0.3) is 10.9 Å². The molecule has 1 aliphatic heterocycles. The van der Waals surface area contributed by atoms with E-state index in [0.29, 0.717) is 22.6 Å². The number of carbonyl (C=O) groups excluding carboxylic acids is 1. The fraction of sp³-hybridized carbons (Fsp3) is 0.211. The van der Waals surface area contributed by atoms with Crippen LogP contribution in [0.4, 0.5) is 11.4 Å². The van der Waals surface area contributed by atoms with Crippen molar-refractivity contribution in [2.45, 2.75) is 26.2 Å². The van der Waals surface area contributed by atoms with Gasteiger partial charge in [-0.1, -0.05) is 0 Å². The molecule has 8 nitrogen and oxygen atoms in total. The lowest BCUT2D eigenvalue weighted by Crippen LogP contribution is -2.29. The summed E-state index contributed by atoms with van der Waals surface area (Å²) in [5, 5.41) is 14.4. The van der Waals surface area contributed by atoms with E-state index in [2.05, 4.69) is 5.32 Å². The highest BCUT2D eigenvalue weighted by atomic mass is 16.7. The number of fused-ring (bicyclic) bond motifs is 2. The number of rotatable bonds is 4. The molecule has 8 heteroatoms. The van der Waals surface area contributed by atoms with Crippen molar-refractivity contribution in [3.8, 4) is 11.5 Å². The van der Waals surface area contributed by atoms with Gasteiger partial charge in [-0.3, -0.25) is 14.9 Å². The Hall–Kier alpha value is -3.55. The predicted octanol–water partition coefficient (Wildman–Crippen LogP) is 3.70. The first-order valence-corrected chi connectivity index (χ1v) is 8.36. The van der Waals surface area contributed by atoms with Gasteiger partial charge in [0.15, 0.2) is 11.5 Å². The molecule has 0 saturated carbocycles. The first-order chi connectivity index (χ1) is 12.8. The standard InChI is InChI=1S/C19H17N3O5/c1-19(2)26-16-6-3-13(10-17(16)27-19)20-18(23)11-21-8-7-12-9-14(22(24)25)4-5-15(12)21/h3-10H,11H2,1-2H3,(H,20,23). The van der Waals surface area contributed by atoms with Gasteiger partial charge >= 0.3 is 0 Å². The monoisotopic (exact) mass is 367 g/mol. The van der Waals surface area contributed by atoms with Crippen molar-refractivity contribution in [1.82, 2.24) is 4.57 Å². The average Bonchev–Trinajstić information content (AvgIpc) is 3.12. The molecule has 2 aromatic carbocycles. The second kappa shape index (κ2) is 6.01. The maximum Gasteiger partial charge on any atom is 0.270 e. The number of amides is 1. The molecule has 0 radical (unpaired) electrons. The molecule has 0 spiro atoms. The highest BCUT2D eigenvalue weighted by Crippen LogP contribution is 2.40. The van der Waals surface area contributed by atoms with Crippen molar-refractivity contribution < 1.29 is 19.2 Å². The van der Waals surface area contributed by atoms with E-state index in [4.69, 9.17) is 9.47 Å². The molecule has 0 aliphatic carbocycles. The normalized spacial score (nSPS) is 14.3. The number of nitro benzene ring substituents is 1. The summed E-state index contributed by atoms with van der Waals surface area (Å²) in [6, 6.07) is 11.5. The van der Waals surface area contributed by atoms with Crippen LogP contribution in [0.3, 0.4) is 0 Å². The molecule has 1 N–H and O–H groups in total. The summed E-state index contributed by atoms with van der Waals surface area (Å²) in [6.45, 7) is 3.71. The second-order valence-corrected chi connectivity index (χ2v) is 6.76. The lowest BCUT2D eigenvalue weighted by Gasteiger charge is -2.16. The van der Waals surface area contributed by atoms with Crippen molar-refractivity contribution in [3.05, 3.63) is 58.8 Å². The van der Waals surface area contributed by atoms with E-state index in [-0.39, 0.29) is 18.1 Å². The summed E-state index contributed by atoms with van der Waals surface area (Å²) in [7, 11) is 0. The van der Waals surface area contributed by atoms with Gasteiger partial charge in [-0.2, -0.15) is 0 Å². The van der Waals surface area contributed by atoms with Crippen LogP contribution in [-0.4, -0.2) is 21.2 Å². The van der Waals surface area contributed by atoms with Gasteiger partial charge in [0.1, 0.15) is 6.54 Å². The SMILES string of the molecule is CC1(C)Oc2ccc(NC(=O)Cn3ccc4cc([N+](=O)[O-])ccc43)cc2O1. The fourth-order valence-electron chi connectivity index (χ4n) is 3.09. The van der Waals surface area contributed by atoms with Crippen LogP contribution < -0.4 is 14.8 Å². The van der Waals surface area contributed by atoms with Gasteiger partial charge in [0.05, 0.1) is 4.92 Å². The van der Waals surface area contributed by atoms with Crippen LogP contribution in [0, 0.1) is 10.1 Å². The van der Waals surface area contributed by atoms with Crippen molar-refractivity contribution in [1.29, 1.82) is 0 Å². The molecule has 4 rings (SSSR count). The minimum Gasteiger partial charge on any atom is -0.449 e. The summed E-state index contributed by atoms with van der Waals surface area (Å²) in [5.41, 5.74) is 1.38. The van der Waals surface area contributed by atoms with Gasteiger partial charge < -0.3 is 19.4 Å². The average molecular weight is 367 g/mol. The number of nitrogens with one attached hydrogen (secondary N) is 1. The molecule has 3 aromatic rings. The smallest absolute Gasteiger partial charge is 0.270 e. The van der Waals surface area contributed by atoms with E-state index in [1.165, 1.54) is 12.1 Å². The highest BCUT2D eigenvalue weighted by Gasteiger charge is 2.31. The quantitative estimate of drug-likeness (QED) is 0.560. The van der Waals surface area contributed by atoms with Crippen molar-refractivity contribution in [2.24, 2.45) is 0 Å². The molecule has 27 heavy (non-hydrogen) atoms. The second-order valence-electron chi connectivity index (χ2n) is 6.76. The molecule has 1 aromatic heterocycles. The van der Waals surface area contributed by atoms with Gasteiger partial charge in [-0.05, 0) is 24.3 Å². The van der Waals surface area contributed by atoms with E-state index in [1.807, 2.05) is 13.8 Å². The Balaban J connectivity index is 1.49. The number of benzene rings is 2. The highest BCUT2D eigenvalue weighted by molar-refractivity contribution is 5.92. The van der Waals surface area contributed by atoms with Crippen LogP contribution >= 0.6 is 0 Å². The Kier molecular flexibility index (Phi) is 3.76. The molecule has 0 bridgehead atoms. The third-order valence-electron chi connectivity index (χ3n) is 4.22. The van der Waals surface area contributed by atoms with Crippen LogP contribution in [0.2, 0.25) is 0 Å². The topological polar surface area (TPSA) is 95.6 Å². The van der Waals surface area contributed by atoms with Gasteiger partial charge in [0.25, 0.3) is 5.69 Å². The number of nitrogens with zero attached hydrogens (tertiary/aromatic N) is 2. The molecule has 1 amide bonds. The van der Waals surface area contributed by atoms with Gasteiger partial charge in [-0.15, -0.1) is 0 Å². The first-order valence-electron chi connectivity index (χ1n) is 8.36. The Labute approximate surface area is 154 Å². The van der Waals surface area contributed by atoms with Crippen LogP contribution in [0.5, 0.6) is 11.5 Å². The molecule has 1 aliphatic rings. The maximum atomic E-state index is 12.4. The van der Waals surface area contributed by atoms with E-state index in [1.54, 1.807) is 41.1 Å². The minimum absolute atomic E-state index is 0.0213. The van der Waals surface area contributed by atoms with Crippen LogP contribution in [0.15, 0.2) is 48.7 Å². The number of hydrogen-bond donors (Lipinski definition) is 1. The zero-order valence-corrected chi connectivity index (χ0v) is 14.8. The third-order valence-corrected chi connectivity index (χ3v) is 4.22. The Morgan fingerprint density at radius 2 is 1.93 bits per heavy atom. The molecular weight excluding hydrogens is 350 g/mol. The van der Waals surface area contributed by atoms with Crippen LogP contribution in [0.1, 0.15) is 13.8 Å². The summed E-state index contributed by atoms with van der Waals surface area (Å²) >= 11 is 0. The molecule has 2 heterocycles. The molecule has 0 unspecified atom stereocenters. The van der Waals surface area contributed by atoms with Gasteiger partial charge in [-0.25, -0.2) is 0 Å². The van der Waals surface area contributed by atoms with E-state index >= 15 is 0 Å². The first kappa shape index (κ1) is 16.9. The minimum atomic E-state index is -0.725.